The van der Waals surface area contributed by atoms with Crippen LogP contribution in [0.25, 0.3) is 0 Å². The van der Waals surface area contributed by atoms with Crippen LogP contribution < -0.4 is 5.84 Å². The van der Waals surface area contributed by atoms with Gasteiger partial charge in [-0.3, -0.25) is 9.80 Å². The lowest BCUT2D eigenvalue weighted by Crippen LogP contribution is -2.40. The van der Waals surface area contributed by atoms with E-state index >= 15 is 0 Å². The van der Waals surface area contributed by atoms with Crippen molar-refractivity contribution in [3.05, 3.63) is 23.3 Å². The van der Waals surface area contributed by atoms with Crippen molar-refractivity contribution >= 4 is 11.9 Å². The molecule has 116 valence electrons. The normalized spacial score (nSPS) is 12.0. The molecule has 0 fully saturated rings. The van der Waals surface area contributed by atoms with Crippen LogP contribution in [0.1, 0.15) is 34.1 Å². The minimum absolute atomic E-state index is 0.0130. The highest BCUT2D eigenvalue weighted by Gasteiger charge is 2.23. The van der Waals surface area contributed by atoms with Gasteiger partial charge in [-0.1, -0.05) is 27.4 Å². The number of methoxy groups -OCH3 is 1. The molecule has 0 atom stereocenters. The molecule has 1 amide bonds. The summed E-state index contributed by atoms with van der Waals surface area (Å²) in [6.07, 6.45) is 0.685. The zero-order chi connectivity index (χ0) is 16.8. The first-order chi connectivity index (χ1) is 9.55. The van der Waals surface area contributed by atoms with Gasteiger partial charge in [0.15, 0.2) is 0 Å². The van der Waals surface area contributed by atoms with Crippen molar-refractivity contribution < 1.29 is 14.3 Å². The molecule has 6 heteroatoms. The summed E-state index contributed by atoms with van der Waals surface area (Å²) in [5.74, 6) is 4.38. The summed E-state index contributed by atoms with van der Waals surface area (Å²) in [7, 11) is 1.20. The quantitative estimate of drug-likeness (QED) is 0.158. The molecule has 6 nitrogen and oxygen atoms in total. The number of esters is 1. The number of carbonyl (C=O) groups is 2. The van der Waals surface area contributed by atoms with Gasteiger partial charge in [0.25, 0.3) is 5.91 Å². The average Bonchev–Trinajstić information content (AvgIpc) is 2.42. The molecule has 21 heavy (non-hydrogen) atoms. The van der Waals surface area contributed by atoms with Crippen molar-refractivity contribution in [3.63, 3.8) is 0 Å². The Morgan fingerprint density at radius 1 is 1.38 bits per heavy atom. The molecule has 0 bridgehead atoms. The van der Waals surface area contributed by atoms with Crippen molar-refractivity contribution in [2.45, 2.75) is 34.1 Å². The molecule has 0 rings (SSSR count). The van der Waals surface area contributed by atoms with Crippen LogP contribution in [0.5, 0.6) is 0 Å². The molecule has 0 spiro atoms. The summed E-state index contributed by atoms with van der Waals surface area (Å²) >= 11 is 0. The molecule has 0 saturated carbocycles. The molecule has 0 aliphatic heterocycles. The molecule has 0 aromatic rings. The summed E-state index contributed by atoms with van der Waals surface area (Å²) in [6.45, 7) is 11.4. The van der Waals surface area contributed by atoms with Crippen molar-refractivity contribution in [1.29, 1.82) is 5.26 Å². The van der Waals surface area contributed by atoms with E-state index in [0.29, 0.717) is 13.0 Å². The number of hydrogen-bond donors (Lipinski definition) is 1. The van der Waals surface area contributed by atoms with E-state index in [-0.39, 0.29) is 22.1 Å². The molecule has 0 unspecified atom stereocenters. The van der Waals surface area contributed by atoms with Gasteiger partial charge in [-0.15, -0.1) is 0 Å². The van der Waals surface area contributed by atoms with Gasteiger partial charge in [-0.2, -0.15) is 5.26 Å². The molecule has 0 radical (unpaired) electrons. The zero-order valence-electron chi connectivity index (χ0n) is 13.3. The highest BCUT2D eigenvalue weighted by atomic mass is 16.5. The van der Waals surface area contributed by atoms with Gasteiger partial charge in [0.1, 0.15) is 11.6 Å². The monoisotopic (exact) mass is 293 g/mol. The molecule has 0 aromatic heterocycles. The summed E-state index contributed by atoms with van der Waals surface area (Å²) in [5, 5.41) is 10.1. The molecule has 0 aromatic carbocycles. The largest absolute Gasteiger partial charge is 0.465 e. The third-order valence-electron chi connectivity index (χ3n) is 2.95. The number of carbonyl (C=O) groups excluding carboxylic acids is 2. The Hall–Kier alpha value is -2.13. The minimum Gasteiger partial charge on any atom is -0.465 e. The van der Waals surface area contributed by atoms with Crippen LogP contribution in [0.4, 0.5) is 0 Å². The van der Waals surface area contributed by atoms with E-state index in [2.05, 4.69) is 11.3 Å². The Balaban J connectivity index is 5.19. The topological polar surface area (TPSA) is 96.4 Å². The predicted octanol–water partition coefficient (Wildman–Crippen LogP) is 1.69. The summed E-state index contributed by atoms with van der Waals surface area (Å²) < 4.78 is 4.52. The fraction of sp³-hybridized carbons (Fsp3) is 0.533. The number of nitriles is 1. The van der Waals surface area contributed by atoms with E-state index in [0.717, 1.165) is 5.01 Å². The minimum atomic E-state index is -0.689. The first-order valence-corrected chi connectivity index (χ1v) is 6.50. The fourth-order valence-electron chi connectivity index (χ4n) is 1.42. The number of nitrogens with two attached hydrogens (primary N) is 1. The first-order valence-electron chi connectivity index (χ1n) is 6.50. The standard InChI is InChI=1S/C15H23N3O3/c1-10(11(2)14(20)21-6)12(9-16)13(19)18(17)8-7-15(3,4)5/h2,7-8,17H2,1,3-6H3/b12-10-. The number of hydrogen-bond acceptors (Lipinski definition) is 5. The lowest BCUT2D eigenvalue weighted by atomic mass is 9.92. The van der Waals surface area contributed by atoms with Crippen LogP contribution in [0, 0.1) is 16.7 Å². The number of ether oxygens (including phenoxy) is 1. The zero-order valence-corrected chi connectivity index (χ0v) is 13.3. The molecule has 0 aliphatic rings. The smallest absolute Gasteiger partial charge is 0.337 e. The van der Waals surface area contributed by atoms with Gasteiger partial charge < -0.3 is 4.74 Å². The van der Waals surface area contributed by atoms with Gasteiger partial charge in [-0.05, 0) is 24.3 Å². The number of rotatable bonds is 5. The Bertz CT molecular complexity index is 507. The van der Waals surface area contributed by atoms with E-state index in [9.17, 15) is 9.59 Å². The van der Waals surface area contributed by atoms with Crippen LogP contribution >= 0.6 is 0 Å². The molecule has 2 N–H and O–H groups in total. The third-order valence-corrected chi connectivity index (χ3v) is 2.95. The maximum atomic E-state index is 12.2. The first kappa shape index (κ1) is 18.9. The van der Waals surface area contributed by atoms with E-state index in [4.69, 9.17) is 11.1 Å². The second-order valence-electron chi connectivity index (χ2n) is 5.89. The van der Waals surface area contributed by atoms with Crippen molar-refractivity contribution in [2.75, 3.05) is 13.7 Å². The van der Waals surface area contributed by atoms with Crippen LogP contribution in [-0.4, -0.2) is 30.5 Å². The van der Waals surface area contributed by atoms with E-state index in [1.165, 1.54) is 14.0 Å². The summed E-state index contributed by atoms with van der Waals surface area (Å²) in [6, 6.07) is 1.78. The average molecular weight is 293 g/mol. The van der Waals surface area contributed by atoms with E-state index in [1.807, 2.05) is 20.8 Å². The molecule has 0 aliphatic carbocycles. The Labute approximate surface area is 125 Å². The van der Waals surface area contributed by atoms with Crippen molar-refractivity contribution in [2.24, 2.45) is 11.3 Å². The highest BCUT2D eigenvalue weighted by molar-refractivity contribution is 6.02. The summed E-state index contributed by atoms with van der Waals surface area (Å²) in [4.78, 5) is 23.6. The van der Waals surface area contributed by atoms with Gasteiger partial charge >= 0.3 is 5.97 Å². The van der Waals surface area contributed by atoms with Crippen molar-refractivity contribution in [3.8, 4) is 6.07 Å². The Morgan fingerprint density at radius 2 is 1.90 bits per heavy atom. The molecular weight excluding hydrogens is 270 g/mol. The fourth-order valence-corrected chi connectivity index (χ4v) is 1.42. The predicted molar refractivity (Wildman–Crippen MR) is 79.4 cm³/mol. The molecular formula is C15H23N3O3. The Morgan fingerprint density at radius 3 is 2.29 bits per heavy atom. The second-order valence-corrected chi connectivity index (χ2v) is 5.89. The number of hydrazine groups is 1. The lowest BCUT2D eigenvalue weighted by molar-refractivity contribution is -0.135. The van der Waals surface area contributed by atoms with Crippen LogP contribution in [0.2, 0.25) is 0 Å². The van der Waals surface area contributed by atoms with Gasteiger partial charge in [0, 0.05) is 6.54 Å². The lowest BCUT2D eigenvalue weighted by Gasteiger charge is -2.23. The second kappa shape index (κ2) is 7.60. The van der Waals surface area contributed by atoms with Crippen LogP contribution in [0.15, 0.2) is 23.3 Å². The SMILES string of the molecule is C=C(C(=O)OC)/C(C)=C(/C#N)C(=O)N(N)CCC(C)(C)C. The van der Waals surface area contributed by atoms with Crippen LogP contribution in [-0.2, 0) is 14.3 Å². The van der Waals surface area contributed by atoms with Crippen LogP contribution in [0.3, 0.4) is 0 Å². The Kier molecular flexibility index (Phi) is 6.83. The van der Waals surface area contributed by atoms with Gasteiger partial charge in [0.2, 0.25) is 0 Å². The van der Waals surface area contributed by atoms with E-state index in [1.54, 1.807) is 6.07 Å². The molecule has 0 heterocycles. The summed E-state index contributed by atoms with van der Waals surface area (Å²) in [5.41, 5.74) is -0.0620. The maximum Gasteiger partial charge on any atom is 0.337 e. The number of amides is 1. The maximum absolute atomic E-state index is 12.2. The number of nitrogens with zero attached hydrogens (tertiary/aromatic N) is 2. The van der Waals surface area contributed by atoms with E-state index < -0.39 is 11.9 Å². The highest BCUT2D eigenvalue weighted by Crippen LogP contribution is 2.19. The third kappa shape index (κ3) is 5.79. The molecule has 0 saturated heterocycles. The van der Waals surface area contributed by atoms with Crippen molar-refractivity contribution in [1.82, 2.24) is 5.01 Å². The van der Waals surface area contributed by atoms with Gasteiger partial charge in [-0.25, -0.2) is 10.6 Å². The van der Waals surface area contributed by atoms with Gasteiger partial charge in [0.05, 0.1) is 12.7 Å².